The van der Waals surface area contributed by atoms with Gasteiger partial charge in [0.25, 0.3) is 0 Å². The zero-order valence-corrected chi connectivity index (χ0v) is 20.6. The molecule has 1 aromatic heterocycles. The molecule has 4 aromatic carbocycles. The van der Waals surface area contributed by atoms with Gasteiger partial charge in [0.05, 0.1) is 4.48 Å². The topological polar surface area (TPSA) is 3.88 Å². The molecule has 3 heteroatoms. The zero-order valence-electron chi connectivity index (χ0n) is 20.6. The minimum Gasteiger partial charge on any atom is -0.195 e. The first-order valence-corrected chi connectivity index (χ1v) is 12.1. The van der Waals surface area contributed by atoms with Crippen molar-refractivity contribution in [3.05, 3.63) is 150 Å². The molecule has 0 bridgehead atoms. The summed E-state index contributed by atoms with van der Waals surface area (Å²) in [6.07, 6.45) is -1.22. The van der Waals surface area contributed by atoms with Gasteiger partial charge in [-0.25, -0.2) is 0 Å². The highest BCUT2D eigenvalue weighted by atomic mass is 19.2. The van der Waals surface area contributed by atoms with Crippen LogP contribution in [-0.2, 0) is 0 Å². The standard InChI is InChI=1S/C24H20B.C8H11FN/c1-5-13-21(14-6-1)25(22-15-7-2-8-16-22,23-17-9-3-10-18-23)24-19-11-4-12-20-24;1-6-4-7(2)10(9)8(3)5-6/h1-20H;4-5H,1-3H3/q-1;+1. The Balaban J connectivity index is 0.000000243. The van der Waals surface area contributed by atoms with Crippen LogP contribution in [0.5, 0.6) is 0 Å². The van der Waals surface area contributed by atoms with E-state index in [9.17, 15) is 4.48 Å². The monoisotopic (exact) mass is 459 g/mol. The van der Waals surface area contributed by atoms with E-state index in [1.807, 2.05) is 19.1 Å². The molecule has 0 fully saturated rings. The molecule has 35 heavy (non-hydrogen) atoms. The number of nitrogens with zero attached hydrogens (tertiary/aromatic N) is 1. The van der Waals surface area contributed by atoms with E-state index in [1.165, 1.54) is 21.9 Å². The number of aryl methyl sites for hydroxylation is 3. The second-order valence-electron chi connectivity index (χ2n) is 9.11. The third kappa shape index (κ3) is 5.10. The van der Waals surface area contributed by atoms with Crippen LogP contribution in [0.1, 0.15) is 17.0 Å². The van der Waals surface area contributed by atoms with Gasteiger partial charge in [0.15, 0.2) is 0 Å². The van der Waals surface area contributed by atoms with E-state index < -0.39 is 6.15 Å². The van der Waals surface area contributed by atoms with Gasteiger partial charge in [0, 0.05) is 30.8 Å². The van der Waals surface area contributed by atoms with Gasteiger partial charge in [0.2, 0.25) is 11.4 Å². The van der Waals surface area contributed by atoms with Crippen LogP contribution in [0.2, 0.25) is 0 Å². The normalized spacial score (nSPS) is 10.9. The Labute approximate surface area is 208 Å². The maximum absolute atomic E-state index is 12.8. The molecule has 0 N–H and O–H groups in total. The molecule has 0 spiro atoms. The number of pyridine rings is 1. The molecule has 1 heterocycles. The lowest BCUT2D eigenvalue weighted by Crippen LogP contribution is -2.74. The first-order valence-electron chi connectivity index (χ1n) is 12.1. The molecule has 0 amide bonds. The molecule has 0 atom stereocenters. The first-order chi connectivity index (χ1) is 17.0. The van der Waals surface area contributed by atoms with Crippen LogP contribution >= 0.6 is 0 Å². The molecule has 0 unspecified atom stereocenters. The Morgan fingerprint density at radius 2 is 0.714 bits per heavy atom. The molecular weight excluding hydrogens is 428 g/mol. The van der Waals surface area contributed by atoms with Crippen molar-refractivity contribution < 1.29 is 9.27 Å². The Morgan fingerprint density at radius 1 is 0.457 bits per heavy atom. The maximum atomic E-state index is 12.8. The lowest BCUT2D eigenvalue weighted by molar-refractivity contribution is -0.852. The van der Waals surface area contributed by atoms with Crippen LogP contribution in [-0.4, -0.2) is 6.15 Å². The van der Waals surface area contributed by atoms with Crippen molar-refractivity contribution in [2.24, 2.45) is 0 Å². The second kappa shape index (κ2) is 11.0. The molecular formula is C32H31BFN. The van der Waals surface area contributed by atoms with Gasteiger partial charge < -0.3 is 0 Å². The summed E-state index contributed by atoms with van der Waals surface area (Å²) >= 11 is 0. The summed E-state index contributed by atoms with van der Waals surface area (Å²) in [4.78, 5) is 0.688. The summed E-state index contributed by atoms with van der Waals surface area (Å²) in [5.74, 6) is 0. The third-order valence-corrected chi connectivity index (χ3v) is 6.69. The van der Waals surface area contributed by atoms with Crippen LogP contribution in [0, 0.1) is 20.8 Å². The predicted molar refractivity (Wildman–Crippen MR) is 147 cm³/mol. The average molecular weight is 459 g/mol. The van der Waals surface area contributed by atoms with Crippen LogP contribution in [0.4, 0.5) is 4.48 Å². The summed E-state index contributed by atoms with van der Waals surface area (Å²) in [6.45, 7) is 5.46. The summed E-state index contributed by atoms with van der Waals surface area (Å²) in [6, 6.07) is 47.2. The van der Waals surface area contributed by atoms with Gasteiger partial charge in [-0.05, 0) is 12.5 Å². The largest absolute Gasteiger partial charge is 0.227 e. The number of aromatic nitrogens is 1. The molecule has 174 valence electrons. The summed E-state index contributed by atoms with van der Waals surface area (Å²) in [5.41, 5.74) is 7.76. The number of hydrogen-bond acceptors (Lipinski definition) is 0. The molecule has 5 rings (SSSR count). The smallest absolute Gasteiger partial charge is 0.195 e. The molecule has 0 saturated heterocycles. The Morgan fingerprint density at radius 3 is 0.971 bits per heavy atom. The first kappa shape index (κ1) is 24.2. The van der Waals surface area contributed by atoms with Crippen molar-refractivity contribution in [1.29, 1.82) is 0 Å². The molecule has 0 radical (unpaired) electrons. The number of benzene rings is 4. The molecule has 0 aliphatic heterocycles. The van der Waals surface area contributed by atoms with Gasteiger partial charge in [-0.1, -0.05) is 121 Å². The Bertz CT molecular complexity index is 1170. The van der Waals surface area contributed by atoms with Crippen LogP contribution in [0.3, 0.4) is 0 Å². The fourth-order valence-electron chi connectivity index (χ4n) is 5.21. The fraction of sp³-hybridized carbons (Fsp3) is 0.0938. The molecule has 5 aromatic rings. The number of halogens is 1. The van der Waals surface area contributed by atoms with Crippen molar-refractivity contribution in [2.75, 3.05) is 0 Å². The Kier molecular flexibility index (Phi) is 7.57. The highest BCUT2D eigenvalue weighted by Crippen LogP contribution is 2.09. The van der Waals surface area contributed by atoms with E-state index in [4.69, 9.17) is 0 Å². The van der Waals surface area contributed by atoms with E-state index in [0.717, 1.165) is 5.56 Å². The predicted octanol–water partition coefficient (Wildman–Crippen LogP) is 4.70. The van der Waals surface area contributed by atoms with Crippen molar-refractivity contribution in [1.82, 2.24) is 0 Å². The maximum Gasteiger partial charge on any atom is 0.227 e. The van der Waals surface area contributed by atoms with Crippen LogP contribution in [0.15, 0.2) is 133 Å². The molecule has 1 nitrogen and oxygen atoms in total. The average Bonchev–Trinajstić information content (AvgIpc) is 2.91. The van der Waals surface area contributed by atoms with Gasteiger partial charge in [-0.3, -0.25) is 0 Å². The van der Waals surface area contributed by atoms with Crippen LogP contribution < -0.4 is 26.6 Å². The molecule has 0 aliphatic carbocycles. The Hall–Kier alpha value is -3.98. The van der Waals surface area contributed by atoms with E-state index in [2.05, 4.69) is 121 Å². The third-order valence-electron chi connectivity index (χ3n) is 6.69. The minimum atomic E-state index is -1.22. The highest BCUT2D eigenvalue weighted by Gasteiger charge is 2.31. The van der Waals surface area contributed by atoms with Crippen LogP contribution in [0.25, 0.3) is 0 Å². The fourth-order valence-corrected chi connectivity index (χ4v) is 5.21. The summed E-state index contributed by atoms with van der Waals surface area (Å²) in [7, 11) is 0. The van der Waals surface area contributed by atoms with Crippen molar-refractivity contribution in [2.45, 2.75) is 20.8 Å². The van der Waals surface area contributed by atoms with E-state index in [1.54, 1.807) is 13.8 Å². The van der Waals surface area contributed by atoms with Gasteiger partial charge in [0.1, 0.15) is 6.15 Å². The number of hydrogen-bond donors (Lipinski definition) is 0. The minimum absolute atomic E-state index is 0.650. The number of rotatable bonds is 4. The highest BCUT2D eigenvalue weighted by molar-refractivity contribution is 7.19. The lowest BCUT2D eigenvalue weighted by Gasteiger charge is -2.44. The summed E-state index contributed by atoms with van der Waals surface area (Å²) < 4.78 is 12.8. The molecule has 0 aliphatic rings. The van der Waals surface area contributed by atoms with E-state index in [-0.39, 0.29) is 0 Å². The van der Waals surface area contributed by atoms with E-state index >= 15 is 0 Å². The van der Waals surface area contributed by atoms with Crippen molar-refractivity contribution >= 4 is 28.0 Å². The summed E-state index contributed by atoms with van der Waals surface area (Å²) in [5, 5.41) is 0. The van der Waals surface area contributed by atoms with E-state index in [0.29, 0.717) is 16.2 Å². The second-order valence-corrected chi connectivity index (χ2v) is 9.11. The zero-order chi connectivity index (χ0) is 24.7. The SMILES string of the molecule is Cc1cc(C)[n+](F)c(C)c1.c1ccc([B-](c2ccccc2)(c2ccccc2)c2ccccc2)cc1. The van der Waals surface area contributed by atoms with Crippen molar-refractivity contribution in [3.63, 3.8) is 0 Å². The lowest BCUT2D eigenvalue weighted by atomic mass is 9.13. The van der Waals surface area contributed by atoms with Gasteiger partial charge >= 0.3 is 0 Å². The quantitative estimate of drug-likeness (QED) is 0.343. The van der Waals surface area contributed by atoms with Gasteiger partial charge in [-0.15, -0.1) is 0 Å². The molecule has 0 saturated carbocycles. The van der Waals surface area contributed by atoms with Crippen molar-refractivity contribution in [3.8, 4) is 0 Å². The van der Waals surface area contributed by atoms with Gasteiger partial charge in [-0.2, -0.15) is 21.9 Å².